The number of amides is 2. The van der Waals surface area contributed by atoms with Crippen LogP contribution in [0.4, 0.5) is 0 Å². The van der Waals surface area contributed by atoms with E-state index >= 15 is 0 Å². The molecule has 0 saturated carbocycles. The van der Waals surface area contributed by atoms with E-state index in [4.69, 9.17) is 5.73 Å². The third kappa shape index (κ3) is 3.02. The van der Waals surface area contributed by atoms with E-state index in [1.54, 1.807) is 0 Å². The predicted molar refractivity (Wildman–Crippen MR) is 47.9 cm³/mol. The van der Waals surface area contributed by atoms with Crippen LogP contribution in [0, 0.1) is 0 Å². The molecule has 2 amide bonds. The number of piperidine rings is 1. The Morgan fingerprint density at radius 1 is 1.54 bits per heavy atom. The van der Waals surface area contributed by atoms with Crippen LogP contribution in [0.3, 0.4) is 0 Å². The van der Waals surface area contributed by atoms with E-state index in [0.717, 1.165) is 25.9 Å². The van der Waals surface area contributed by atoms with Crippen LogP contribution in [0.1, 0.15) is 12.8 Å². The van der Waals surface area contributed by atoms with Gasteiger partial charge in [0.2, 0.25) is 0 Å². The summed E-state index contributed by atoms with van der Waals surface area (Å²) in [4.78, 5) is 23.5. The normalized spacial score (nSPS) is 23.9. The van der Waals surface area contributed by atoms with Gasteiger partial charge in [-0.2, -0.15) is 0 Å². The Labute approximate surface area is 77.3 Å². The summed E-state index contributed by atoms with van der Waals surface area (Å²) in [7, 11) is 1.99. The van der Waals surface area contributed by atoms with Gasteiger partial charge in [0.15, 0.2) is 0 Å². The van der Waals surface area contributed by atoms with Crippen LogP contribution in [0.25, 0.3) is 0 Å². The third-order valence-corrected chi connectivity index (χ3v) is 2.18. The lowest BCUT2D eigenvalue weighted by Crippen LogP contribution is -2.49. The van der Waals surface area contributed by atoms with E-state index in [2.05, 4.69) is 10.2 Å². The first kappa shape index (κ1) is 9.98. The number of hydrogen-bond donors (Lipinski definition) is 2. The molecule has 1 fully saturated rings. The van der Waals surface area contributed by atoms with Gasteiger partial charge in [0, 0.05) is 12.6 Å². The summed E-state index contributed by atoms with van der Waals surface area (Å²) in [6, 6.07) is 0.0683. The third-order valence-electron chi connectivity index (χ3n) is 2.18. The van der Waals surface area contributed by atoms with Gasteiger partial charge in [0.25, 0.3) is 0 Å². The van der Waals surface area contributed by atoms with Gasteiger partial charge < -0.3 is 16.0 Å². The van der Waals surface area contributed by atoms with Crippen LogP contribution in [0.15, 0.2) is 0 Å². The van der Waals surface area contributed by atoms with Crippen LogP contribution < -0.4 is 11.1 Å². The molecule has 1 saturated heterocycles. The average molecular weight is 185 g/mol. The number of nitrogens with one attached hydrogen (secondary N) is 1. The Balaban J connectivity index is 2.36. The molecule has 1 aliphatic rings. The summed E-state index contributed by atoms with van der Waals surface area (Å²) in [5, 5.41) is 2.59. The van der Waals surface area contributed by atoms with E-state index in [1.165, 1.54) is 0 Å². The molecule has 0 aromatic rings. The number of primary amides is 1. The fourth-order valence-corrected chi connectivity index (χ4v) is 1.54. The SMILES string of the molecule is CN1CCCC(NC(=O)C(N)=O)C1. The first-order chi connectivity index (χ1) is 6.09. The van der Waals surface area contributed by atoms with E-state index in [0.29, 0.717) is 0 Å². The number of nitrogens with zero attached hydrogens (tertiary/aromatic N) is 1. The first-order valence-electron chi connectivity index (χ1n) is 4.38. The highest BCUT2D eigenvalue weighted by Crippen LogP contribution is 2.07. The van der Waals surface area contributed by atoms with Crippen LogP contribution in [0.2, 0.25) is 0 Å². The quantitative estimate of drug-likeness (QED) is 0.498. The molecule has 5 nitrogen and oxygen atoms in total. The topological polar surface area (TPSA) is 75.4 Å². The van der Waals surface area contributed by atoms with Crippen molar-refractivity contribution >= 4 is 11.8 Å². The van der Waals surface area contributed by atoms with Crippen molar-refractivity contribution in [3.05, 3.63) is 0 Å². The minimum atomic E-state index is -0.909. The molecule has 0 radical (unpaired) electrons. The highest BCUT2D eigenvalue weighted by atomic mass is 16.2. The Kier molecular flexibility index (Phi) is 3.25. The number of nitrogens with two attached hydrogens (primary N) is 1. The highest BCUT2D eigenvalue weighted by molar-refractivity contribution is 6.34. The van der Waals surface area contributed by atoms with Gasteiger partial charge in [0.1, 0.15) is 0 Å². The van der Waals surface area contributed by atoms with Crippen molar-refractivity contribution in [3.8, 4) is 0 Å². The van der Waals surface area contributed by atoms with Gasteiger partial charge in [-0.15, -0.1) is 0 Å². The Hall–Kier alpha value is -1.10. The average Bonchev–Trinajstić information content (AvgIpc) is 2.04. The van der Waals surface area contributed by atoms with E-state index in [-0.39, 0.29) is 6.04 Å². The highest BCUT2D eigenvalue weighted by Gasteiger charge is 2.20. The fraction of sp³-hybridized carbons (Fsp3) is 0.750. The zero-order valence-corrected chi connectivity index (χ0v) is 7.75. The molecule has 0 bridgehead atoms. The first-order valence-corrected chi connectivity index (χ1v) is 4.38. The van der Waals surface area contributed by atoms with Crippen LogP contribution in [0.5, 0.6) is 0 Å². The summed E-state index contributed by atoms with van der Waals surface area (Å²) in [6.07, 6.45) is 1.96. The molecule has 1 heterocycles. The molecule has 1 rings (SSSR count). The second-order valence-corrected chi connectivity index (χ2v) is 3.44. The largest absolute Gasteiger partial charge is 0.361 e. The number of rotatable bonds is 1. The molecule has 74 valence electrons. The number of likely N-dealkylation sites (tertiary alicyclic amines) is 1. The molecule has 0 spiro atoms. The molecular formula is C8H15N3O2. The Morgan fingerprint density at radius 2 is 2.23 bits per heavy atom. The lowest BCUT2D eigenvalue weighted by molar-refractivity contribution is -0.137. The van der Waals surface area contributed by atoms with Gasteiger partial charge >= 0.3 is 11.8 Å². The molecule has 0 aromatic carbocycles. The monoisotopic (exact) mass is 185 g/mol. The molecule has 1 aliphatic heterocycles. The molecular weight excluding hydrogens is 170 g/mol. The number of carbonyl (C=O) groups is 2. The van der Waals surface area contributed by atoms with Crippen LogP contribution in [-0.2, 0) is 9.59 Å². The lowest BCUT2D eigenvalue weighted by Gasteiger charge is -2.29. The van der Waals surface area contributed by atoms with Crippen molar-refractivity contribution < 1.29 is 9.59 Å². The zero-order chi connectivity index (χ0) is 9.84. The maximum absolute atomic E-state index is 10.9. The van der Waals surface area contributed by atoms with Crippen molar-refractivity contribution in [2.45, 2.75) is 18.9 Å². The number of hydrogen-bond acceptors (Lipinski definition) is 3. The number of likely N-dealkylation sites (N-methyl/N-ethyl adjacent to an activating group) is 1. The summed E-state index contributed by atoms with van der Waals surface area (Å²) in [6.45, 7) is 1.84. The van der Waals surface area contributed by atoms with E-state index in [1.807, 2.05) is 7.05 Å². The fourth-order valence-electron chi connectivity index (χ4n) is 1.54. The predicted octanol–water partition coefficient (Wildman–Crippen LogP) is -1.32. The summed E-state index contributed by atoms with van der Waals surface area (Å²) >= 11 is 0. The molecule has 0 aromatic heterocycles. The van der Waals surface area contributed by atoms with Gasteiger partial charge in [-0.05, 0) is 26.4 Å². The molecule has 13 heavy (non-hydrogen) atoms. The molecule has 3 N–H and O–H groups in total. The van der Waals surface area contributed by atoms with Crippen molar-refractivity contribution in [1.82, 2.24) is 10.2 Å². The maximum Gasteiger partial charge on any atom is 0.309 e. The molecule has 1 atom stereocenters. The molecule has 1 unspecified atom stereocenters. The molecule has 0 aliphatic carbocycles. The Bertz CT molecular complexity index is 217. The van der Waals surface area contributed by atoms with E-state index < -0.39 is 11.8 Å². The second-order valence-electron chi connectivity index (χ2n) is 3.44. The van der Waals surface area contributed by atoms with Gasteiger partial charge in [-0.3, -0.25) is 9.59 Å². The van der Waals surface area contributed by atoms with Crippen molar-refractivity contribution in [2.24, 2.45) is 5.73 Å². The zero-order valence-electron chi connectivity index (χ0n) is 7.75. The van der Waals surface area contributed by atoms with Gasteiger partial charge in [-0.25, -0.2) is 0 Å². The summed E-state index contributed by atoms with van der Waals surface area (Å²) in [5.41, 5.74) is 4.82. The van der Waals surface area contributed by atoms with Crippen molar-refractivity contribution in [3.63, 3.8) is 0 Å². The minimum Gasteiger partial charge on any atom is -0.361 e. The minimum absolute atomic E-state index is 0.0683. The number of carbonyl (C=O) groups excluding carboxylic acids is 2. The van der Waals surface area contributed by atoms with Crippen molar-refractivity contribution in [2.75, 3.05) is 20.1 Å². The van der Waals surface area contributed by atoms with Gasteiger partial charge in [0.05, 0.1) is 0 Å². The van der Waals surface area contributed by atoms with E-state index in [9.17, 15) is 9.59 Å². The van der Waals surface area contributed by atoms with Gasteiger partial charge in [-0.1, -0.05) is 0 Å². The summed E-state index contributed by atoms with van der Waals surface area (Å²) < 4.78 is 0. The molecule has 5 heteroatoms. The standard InChI is InChI=1S/C8H15N3O2/c1-11-4-2-3-6(5-11)10-8(13)7(9)12/h6H,2-5H2,1H3,(H2,9,12)(H,10,13). The maximum atomic E-state index is 10.9. The summed E-state index contributed by atoms with van der Waals surface area (Å²) in [5.74, 6) is -1.59. The van der Waals surface area contributed by atoms with Crippen LogP contribution >= 0.6 is 0 Å². The smallest absolute Gasteiger partial charge is 0.309 e. The van der Waals surface area contributed by atoms with Crippen LogP contribution in [-0.4, -0.2) is 42.9 Å². The van der Waals surface area contributed by atoms with Crippen molar-refractivity contribution in [1.29, 1.82) is 0 Å². The second kappa shape index (κ2) is 4.23. The lowest BCUT2D eigenvalue weighted by atomic mass is 10.1. The Morgan fingerprint density at radius 3 is 2.77 bits per heavy atom.